The molecule has 0 aromatic carbocycles. The molecule has 0 radical (unpaired) electrons. The van der Waals surface area contributed by atoms with Crippen LogP contribution in [0, 0.1) is 0 Å². The smallest absolute Gasteiger partial charge is 0.691 e. The molecule has 0 atom stereocenters. The van der Waals surface area contributed by atoms with Gasteiger partial charge in [-0.1, -0.05) is 51.3 Å². The first-order valence-electron chi connectivity index (χ1n) is 7.44. The van der Waals surface area contributed by atoms with Crippen molar-refractivity contribution in [2.24, 2.45) is 0 Å². The average molecular weight is 485 g/mol. The van der Waals surface area contributed by atoms with Crippen molar-refractivity contribution in [1.82, 2.24) is 0 Å². The second-order valence-corrected chi connectivity index (χ2v) is 14.2. The summed E-state index contributed by atoms with van der Waals surface area (Å²) in [6.45, 7) is 10.5. The van der Waals surface area contributed by atoms with Crippen molar-refractivity contribution in [3.8, 4) is 0 Å². The molecule has 0 bridgehead atoms. The Morgan fingerprint density at radius 3 is 0.913 bits per heavy atom. The van der Waals surface area contributed by atoms with Crippen molar-refractivity contribution in [3.05, 3.63) is 0 Å². The molecule has 0 aliphatic heterocycles. The Bertz CT molecular complexity index is 295. The fraction of sp³-hybridized carbons (Fsp3) is 1.00. The molecule has 0 aliphatic carbocycles. The number of rotatable bonds is 12. The molecule has 0 aromatic heterocycles. The Morgan fingerprint density at radius 1 is 0.609 bits per heavy atom. The minimum Gasteiger partial charge on any atom is -0.691 e. The van der Waals surface area contributed by atoms with E-state index in [0.29, 0.717) is 26.4 Å². The van der Waals surface area contributed by atoms with E-state index in [9.17, 15) is 0 Å². The van der Waals surface area contributed by atoms with Crippen molar-refractivity contribution in [1.29, 1.82) is 0 Å². The fourth-order valence-electron chi connectivity index (χ4n) is 0.887. The molecule has 0 amide bonds. The largest absolute Gasteiger partial charge is 2.00 e. The summed E-state index contributed by atoms with van der Waals surface area (Å²) in [5, 5.41) is 0. The first kappa shape index (κ1) is 30.1. The van der Waals surface area contributed by atoms with Crippen molar-refractivity contribution < 1.29 is 34.6 Å². The van der Waals surface area contributed by atoms with E-state index < -0.39 is 11.4 Å². The summed E-state index contributed by atoms with van der Waals surface area (Å²) in [4.78, 5) is 0. The van der Waals surface area contributed by atoms with Crippen LogP contribution in [0.3, 0.4) is 0 Å². The van der Waals surface area contributed by atoms with E-state index >= 15 is 0 Å². The Labute approximate surface area is 173 Å². The normalized spacial score (nSPS) is 11.4. The van der Waals surface area contributed by atoms with Crippen LogP contribution in [0.15, 0.2) is 0 Å². The van der Waals surface area contributed by atoms with Gasteiger partial charge in [0.2, 0.25) is 0 Å². The van der Waals surface area contributed by atoms with Gasteiger partial charge in [0, 0.05) is 0 Å². The summed E-state index contributed by atoms with van der Waals surface area (Å²) in [7, 11) is 0. The third-order valence-corrected chi connectivity index (χ3v) is 6.34. The fourth-order valence-corrected chi connectivity index (χ4v) is 4.45. The summed E-state index contributed by atoms with van der Waals surface area (Å²) in [6, 6.07) is 0. The molecule has 0 rings (SSSR count). The SMILES string of the molecule is CCCOP(=S)([S-])OCCC.CCCOP(=S)([S-])OCCC.[Ni+2]. The van der Waals surface area contributed by atoms with E-state index in [1.807, 2.05) is 27.7 Å². The first-order chi connectivity index (χ1) is 10.2. The zero-order valence-corrected chi connectivity index (χ0v) is 20.2. The molecule has 144 valence electrons. The van der Waals surface area contributed by atoms with Crippen LogP contribution < -0.4 is 0 Å². The van der Waals surface area contributed by atoms with Gasteiger partial charge in [-0.3, -0.25) is 0 Å². The molecule has 0 unspecified atom stereocenters. The van der Waals surface area contributed by atoms with E-state index in [1.54, 1.807) is 0 Å². The predicted octanol–water partition coefficient (Wildman–Crippen LogP) is 5.22. The van der Waals surface area contributed by atoms with Gasteiger partial charge in [-0.05, 0) is 25.7 Å². The molecular weight excluding hydrogens is 457 g/mol. The van der Waals surface area contributed by atoms with E-state index in [2.05, 4.69) is 0 Å². The molecule has 0 fully saturated rings. The quantitative estimate of drug-likeness (QED) is 0.212. The van der Waals surface area contributed by atoms with Gasteiger partial charge < -0.3 is 42.6 Å². The summed E-state index contributed by atoms with van der Waals surface area (Å²) < 4.78 is 20.8. The Balaban J connectivity index is -0.000000333. The third-order valence-electron chi connectivity index (χ3n) is 1.81. The Kier molecular flexibility index (Phi) is 25.0. The summed E-state index contributed by atoms with van der Waals surface area (Å²) in [6.07, 6.45) is 3.74. The van der Waals surface area contributed by atoms with Crippen LogP contribution in [-0.4, -0.2) is 26.4 Å². The molecule has 0 aliphatic rings. The van der Waals surface area contributed by atoms with Gasteiger partial charge in [-0.15, -0.1) is 0 Å². The minimum atomic E-state index is -2.31. The van der Waals surface area contributed by atoms with Crippen LogP contribution in [0.4, 0.5) is 0 Å². The molecule has 0 saturated carbocycles. The Hall–Kier alpha value is 2.33. The standard InChI is InChI=1S/2C6H15O2PS2.Ni/c2*1-3-5-7-9(10,11)8-6-4-2;/h2*3-6H2,1-2H3,(H,10,11);/q;;+2/p-2. The van der Waals surface area contributed by atoms with Gasteiger partial charge in [-0.2, -0.15) is 0 Å². The molecule has 11 heteroatoms. The number of hydrogen-bond acceptors (Lipinski definition) is 8. The van der Waals surface area contributed by atoms with E-state index in [4.69, 9.17) is 66.2 Å². The summed E-state index contributed by atoms with van der Waals surface area (Å²) in [5.41, 5.74) is -4.62. The van der Waals surface area contributed by atoms with E-state index in [0.717, 1.165) is 25.7 Å². The van der Waals surface area contributed by atoms with E-state index in [-0.39, 0.29) is 16.5 Å². The molecule has 0 saturated heterocycles. The van der Waals surface area contributed by atoms with Crippen molar-refractivity contribution in [3.63, 3.8) is 0 Å². The topological polar surface area (TPSA) is 36.9 Å². The van der Waals surface area contributed by atoms with Gasteiger partial charge in [0.15, 0.2) is 0 Å². The van der Waals surface area contributed by atoms with Gasteiger partial charge in [0.25, 0.3) is 0 Å². The van der Waals surface area contributed by atoms with Crippen LogP contribution in [-0.2, 0) is 82.7 Å². The molecule has 0 N–H and O–H groups in total. The van der Waals surface area contributed by atoms with Crippen molar-refractivity contribution in [2.75, 3.05) is 26.4 Å². The second kappa shape index (κ2) is 19.1. The van der Waals surface area contributed by atoms with Crippen LogP contribution in [0.1, 0.15) is 53.4 Å². The van der Waals surface area contributed by atoms with Gasteiger partial charge >= 0.3 is 16.5 Å². The maximum Gasteiger partial charge on any atom is 2.00 e. The molecule has 0 aromatic rings. The molecule has 4 nitrogen and oxygen atoms in total. The van der Waals surface area contributed by atoms with Crippen LogP contribution >= 0.6 is 11.4 Å². The first-order valence-corrected chi connectivity index (χ1v) is 14.7. The van der Waals surface area contributed by atoms with E-state index in [1.165, 1.54) is 0 Å². The summed E-state index contributed by atoms with van der Waals surface area (Å²) >= 11 is 19.8. The van der Waals surface area contributed by atoms with Gasteiger partial charge in [-0.25, -0.2) is 0 Å². The zero-order chi connectivity index (χ0) is 17.5. The monoisotopic (exact) mass is 484 g/mol. The summed E-state index contributed by atoms with van der Waals surface area (Å²) in [5.74, 6) is 0. The third kappa shape index (κ3) is 24.3. The van der Waals surface area contributed by atoms with Crippen LogP contribution in [0.25, 0.3) is 0 Å². The molecule has 0 heterocycles. The maximum atomic E-state index is 5.20. The van der Waals surface area contributed by atoms with Crippen molar-refractivity contribution >= 4 is 59.5 Å². The van der Waals surface area contributed by atoms with Crippen LogP contribution in [0.2, 0.25) is 0 Å². The molecule has 23 heavy (non-hydrogen) atoms. The minimum absolute atomic E-state index is 0. The molecular formula is C12H28NiO4P2S4. The zero-order valence-electron chi connectivity index (χ0n) is 14.1. The Morgan fingerprint density at radius 2 is 0.783 bits per heavy atom. The van der Waals surface area contributed by atoms with Gasteiger partial charge in [0.05, 0.1) is 37.8 Å². The van der Waals surface area contributed by atoms with Crippen LogP contribution in [0.5, 0.6) is 0 Å². The van der Waals surface area contributed by atoms with Gasteiger partial charge in [0.1, 0.15) is 0 Å². The number of hydrogen-bond donors (Lipinski definition) is 0. The maximum absolute atomic E-state index is 5.20. The van der Waals surface area contributed by atoms with Crippen molar-refractivity contribution in [2.45, 2.75) is 53.4 Å². The predicted molar refractivity (Wildman–Crippen MR) is 108 cm³/mol. The second-order valence-electron chi connectivity index (χ2n) is 4.23. The molecule has 0 spiro atoms. The average Bonchev–Trinajstić information content (AvgIpc) is 2.48.